The molecule has 0 fully saturated rings. The zero-order chi connectivity index (χ0) is 10.1. The van der Waals surface area contributed by atoms with Crippen LogP contribution in [0.15, 0.2) is 30.3 Å². The molecule has 0 saturated carbocycles. The minimum atomic E-state index is 0.0928. The Morgan fingerprint density at radius 2 is 1.77 bits per heavy atom. The summed E-state index contributed by atoms with van der Waals surface area (Å²) in [6, 6.07) is 9.77. The van der Waals surface area contributed by atoms with Crippen LogP contribution in [0, 0.1) is 0 Å². The molecule has 0 spiro atoms. The van der Waals surface area contributed by atoms with E-state index in [9.17, 15) is 0 Å². The standard InChI is InChI=1S/C9H13NO.C2H6/c1-8(10)7-11-9-5-3-2-4-6-9;1-2/h2-6,8H,7,10H2,1H3;1-2H3. The van der Waals surface area contributed by atoms with Crippen molar-refractivity contribution in [3.05, 3.63) is 30.3 Å². The normalized spacial score (nSPS) is 11.1. The molecular formula is C11H19NO. The van der Waals surface area contributed by atoms with Gasteiger partial charge in [-0.2, -0.15) is 0 Å². The second-order valence-electron chi connectivity index (χ2n) is 2.60. The lowest BCUT2D eigenvalue weighted by atomic mass is 10.3. The highest BCUT2D eigenvalue weighted by molar-refractivity contribution is 5.20. The molecule has 74 valence electrons. The SMILES string of the molecule is CC.CC(N)COc1ccccc1. The zero-order valence-corrected chi connectivity index (χ0v) is 8.66. The third kappa shape index (κ3) is 6.17. The molecule has 2 heteroatoms. The van der Waals surface area contributed by atoms with E-state index in [4.69, 9.17) is 10.5 Å². The van der Waals surface area contributed by atoms with Crippen molar-refractivity contribution in [3.63, 3.8) is 0 Å². The Morgan fingerprint density at radius 3 is 2.23 bits per heavy atom. The molecule has 1 unspecified atom stereocenters. The number of nitrogens with two attached hydrogens (primary N) is 1. The van der Waals surface area contributed by atoms with E-state index in [1.165, 1.54) is 0 Å². The van der Waals surface area contributed by atoms with Gasteiger partial charge in [-0.3, -0.25) is 0 Å². The van der Waals surface area contributed by atoms with Gasteiger partial charge >= 0.3 is 0 Å². The second kappa shape index (κ2) is 7.62. The van der Waals surface area contributed by atoms with Gasteiger partial charge in [-0.1, -0.05) is 32.0 Å². The Bertz CT molecular complexity index is 197. The quantitative estimate of drug-likeness (QED) is 0.777. The predicted octanol–water partition coefficient (Wildman–Crippen LogP) is 2.44. The summed E-state index contributed by atoms with van der Waals surface area (Å²) in [5.41, 5.74) is 5.52. The van der Waals surface area contributed by atoms with Crippen LogP contribution in [-0.2, 0) is 0 Å². The van der Waals surface area contributed by atoms with Crippen molar-refractivity contribution in [2.24, 2.45) is 5.73 Å². The maximum atomic E-state index is 5.52. The molecule has 1 rings (SSSR count). The van der Waals surface area contributed by atoms with E-state index >= 15 is 0 Å². The van der Waals surface area contributed by atoms with Crippen LogP contribution in [-0.4, -0.2) is 12.6 Å². The van der Waals surface area contributed by atoms with Crippen molar-refractivity contribution in [2.75, 3.05) is 6.61 Å². The van der Waals surface area contributed by atoms with E-state index in [2.05, 4.69) is 0 Å². The van der Waals surface area contributed by atoms with Gasteiger partial charge in [-0.25, -0.2) is 0 Å². The van der Waals surface area contributed by atoms with Crippen LogP contribution < -0.4 is 10.5 Å². The van der Waals surface area contributed by atoms with Crippen molar-refractivity contribution in [3.8, 4) is 5.75 Å². The van der Waals surface area contributed by atoms with Crippen LogP contribution in [0.3, 0.4) is 0 Å². The summed E-state index contributed by atoms with van der Waals surface area (Å²) in [7, 11) is 0. The van der Waals surface area contributed by atoms with Crippen LogP contribution in [0.2, 0.25) is 0 Å². The number of rotatable bonds is 3. The van der Waals surface area contributed by atoms with Gasteiger partial charge in [0.15, 0.2) is 0 Å². The molecule has 0 radical (unpaired) electrons. The summed E-state index contributed by atoms with van der Waals surface area (Å²) in [6.07, 6.45) is 0. The Labute approximate surface area is 80.7 Å². The maximum Gasteiger partial charge on any atom is 0.119 e. The topological polar surface area (TPSA) is 35.2 Å². The van der Waals surface area contributed by atoms with Gasteiger partial charge in [0.2, 0.25) is 0 Å². The Hall–Kier alpha value is -1.02. The van der Waals surface area contributed by atoms with Gasteiger partial charge in [-0.05, 0) is 19.1 Å². The first-order valence-electron chi connectivity index (χ1n) is 4.72. The van der Waals surface area contributed by atoms with E-state index in [0.29, 0.717) is 6.61 Å². The van der Waals surface area contributed by atoms with Crippen LogP contribution in [0.5, 0.6) is 5.75 Å². The van der Waals surface area contributed by atoms with Gasteiger partial charge in [0.25, 0.3) is 0 Å². The summed E-state index contributed by atoms with van der Waals surface area (Å²) < 4.78 is 5.34. The molecule has 2 nitrogen and oxygen atoms in total. The average Bonchev–Trinajstić information content (AvgIpc) is 2.19. The fourth-order valence-electron chi connectivity index (χ4n) is 0.744. The molecule has 0 heterocycles. The third-order valence-electron chi connectivity index (χ3n) is 1.26. The van der Waals surface area contributed by atoms with Crippen LogP contribution in [0.4, 0.5) is 0 Å². The van der Waals surface area contributed by atoms with Crippen molar-refractivity contribution in [1.29, 1.82) is 0 Å². The van der Waals surface area contributed by atoms with Crippen LogP contribution in [0.1, 0.15) is 20.8 Å². The zero-order valence-electron chi connectivity index (χ0n) is 8.66. The van der Waals surface area contributed by atoms with Crippen LogP contribution in [0.25, 0.3) is 0 Å². The monoisotopic (exact) mass is 181 g/mol. The number of ether oxygens (including phenoxy) is 1. The number of benzene rings is 1. The molecule has 1 atom stereocenters. The molecule has 0 aliphatic carbocycles. The first kappa shape index (κ1) is 12.0. The highest BCUT2D eigenvalue weighted by atomic mass is 16.5. The van der Waals surface area contributed by atoms with Gasteiger partial charge in [0.05, 0.1) is 0 Å². The lowest BCUT2D eigenvalue weighted by molar-refractivity contribution is 0.296. The summed E-state index contributed by atoms with van der Waals surface area (Å²) >= 11 is 0. The lowest BCUT2D eigenvalue weighted by Gasteiger charge is -2.07. The maximum absolute atomic E-state index is 5.52. The summed E-state index contributed by atoms with van der Waals surface area (Å²) in [5.74, 6) is 0.879. The smallest absolute Gasteiger partial charge is 0.119 e. The Balaban J connectivity index is 0.000000671. The van der Waals surface area contributed by atoms with Gasteiger partial charge in [-0.15, -0.1) is 0 Å². The number of hydrogen-bond donors (Lipinski definition) is 1. The summed E-state index contributed by atoms with van der Waals surface area (Å²) in [5, 5.41) is 0. The Morgan fingerprint density at radius 1 is 1.23 bits per heavy atom. The van der Waals surface area contributed by atoms with Crippen molar-refractivity contribution in [1.82, 2.24) is 0 Å². The van der Waals surface area contributed by atoms with Crippen molar-refractivity contribution >= 4 is 0 Å². The molecule has 0 bridgehead atoms. The fraction of sp³-hybridized carbons (Fsp3) is 0.455. The average molecular weight is 181 g/mol. The van der Waals surface area contributed by atoms with Crippen LogP contribution >= 0.6 is 0 Å². The van der Waals surface area contributed by atoms with Crippen molar-refractivity contribution < 1.29 is 4.74 Å². The minimum absolute atomic E-state index is 0.0928. The molecule has 0 saturated heterocycles. The first-order valence-corrected chi connectivity index (χ1v) is 4.72. The van der Waals surface area contributed by atoms with E-state index < -0.39 is 0 Å². The van der Waals surface area contributed by atoms with Gasteiger partial charge in [0, 0.05) is 6.04 Å². The summed E-state index contributed by atoms with van der Waals surface area (Å²) in [6.45, 7) is 6.49. The van der Waals surface area contributed by atoms with Gasteiger partial charge in [0.1, 0.15) is 12.4 Å². The molecule has 0 amide bonds. The van der Waals surface area contributed by atoms with E-state index in [1.54, 1.807) is 0 Å². The lowest BCUT2D eigenvalue weighted by Crippen LogP contribution is -2.23. The summed E-state index contributed by atoms with van der Waals surface area (Å²) in [4.78, 5) is 0. The largest absolute Gasteiger partial charge is 0.492 e. The van der Waals surface area contributed by atoms with Crippen molar-refractivity contribution in [2.45, 2.75) is 26.8 Å². The molecule has 0 aromatic heterocycles. The highest BCUT2D eigenvalue weighted by Crippen LogP contribution is 2.07. The number of para-hydroxylation sites is 1. The molecule has 0 aliphatic heterocycles. The molecule has 13 heavy (non-hydrogen) atoms. The molecule has 1 aromatic carbocycles. The molecule has 1 aromatic rings. The molecular weight excluding hydrogens is 162 g/mol. The second-order valence-corrected chi connectivity index (χ2v) is 2.60. The van der Waals surface area contributed by atoms with E-state index in [-0.39, 0.29) is 6.04 Å². The first-order chi connectivity index (χ1) is 6.29. The van der Waals surface area contributed by atoms with E-state index in [0.717, 1.165) is 5.75 Å². The minimum Gasteiger partial charge on any atom is -0.492 e. The molecule has 0 aliphatic rings. The predicted molar refractivity (Wildman–Crippen MR) is 56.9 cm³/mol. The van der Waals surface area contributed by atoms with Gasteiger partial charge < -0.3 is 10.5 Å². The number of hydrogen-bond acceptors (Lipinski definition) is 2. The van der Waals surface area contributed by atoms with E-state index in [1.807, 2.05) is 51.1 Å². The fourth-order valence-corrected chi connectivity index (χ4v) is 0.744. The highest BCUT2D eigenvalue weighted by Gasteiger charge is 1.94. The third-order valence-corrected chi connectivity index (χ3v) is 1.26. The Kier molecular flexibility index (Phi) is 7.02. The molecule has 2 N–H and O–H groups in total.